The van der Waals surface area contributed by atoms with Gasteiger partial charge < -0.3 is 9.47 Å². The first-order valence-electron chi connectivity index (χ1n) is 3.32. The average molecular weight is 213 g/mol. The Kier molecular flexibility index (Phi) is 3.17. The van der Waals surface area contributed by atoms with Gasteiger partial charge in [0.25, 0.3) is 0 Å². The first-order chi connectivity index (χ1) is 5.59. The second-order valence-corrected chi connectivity index (χ2v) is 2.98. The van der Waals surface area contributed by atoms with Gasteiger partial charge in [-0.15, -0.1) is 0 Å². The van der Waals surface area contributed by atoms with Crippen LogP contribution in [0.2, 0.25) is 0 Å². The normalized spacial score (nSPS) is 27.2. The van der Waals surface area contributed by atoms with Crippen molar-refractivity contribution in [3.05, 3.63) is 0 Å². The van der Waals surface area contributed by atoms with Gasteiger partial charge in [-0.2, -0.15) is 0 Å². The Hall–Kier alpha value is -0.480. The van der Waals surface area contributed by atoms with Gasteiger partial charge in [0, 0.05) is 23.2 Å². The number of ether oxygens (including phenoxy) is 2. The molecule has 1 aliphatic carbocycles. The van der Waals surface area contributed by atoms with Crippen molar-refractivity contribution in [1.82, 2.24) is 0 Å². The molecule has 68 valence electrons. The van der Waals surface area contributed by atoms with Crippen molar-refractivity contribution in [3.63, 3.8) is 0 Å². The minimum absolute atomic E-state index is 0.433. The van der Waals surface area contributed by atoms with Gasteiger partial charge in [-0.25, -0.2) is 9.59 Å². The van der Waals surface area contributed by atoms with Gasteiger partial charge >= 0.3 is 10.9 Å². The number of hydrogen-bond donors (Lipinski definition) is 0. The van der Waals surface area contributed by atoms with Crippen LogP contribution < -0.4 is 0 Å². The van der Waals surface area contributed by atoms with Crippen LogP contribution in [0, 0.1) is 0 Å². The molecular weight excluding hydrogens is 207 g/mol. The molecule has 0 saturated heterocycles. The zero-order valence-electron chi connectivity index (χ0n) is 5.96. The number of hydrogen-bond acceptors (Lipinski definition) is 4. The molecule has 6 heteroatoms. The van der Waals surface area contributed by atoms with Crippen LogP contribution in [0.25, 0.3) is 0 Å². The maximum atomic E-state index is 10.2. The largest absolute Gasteiger partial charge is 0.446 e. The molecule has 0 spiro atoms. The maximum Gasteiger partial charge on any atom is 0.404 e. The zero-order valence-corrected chi connectivity index (χ0v) is 7.47. The lowest BCUT2D eigenvalue weighted by Gasteiger charge is -2.33. The number of carbonyl (C=O) groups is 2. The van der Waals surface area contributed by atoms with Gasteiger partial charge in [0.2, 0.25) is 0 Å². The highest BCUT2D eigenvalue weighted by Crippen LogP contribution is 2.27. The van der Waals surface area contributed by atoms with Crippen LogP contribution in [0.1, 0.15) is 12.8 Å². The van der Waals surface area contributed by atoms with E-state index in [1.165, 1.54) is 0 Å². The Bertz CT molecular complexity index is 184. The van der Waals surface area contributed by atoms with Crippen molar-refractivity contribution in [2.75, 3.05) is 0 Å². The fourth-order valence-electron chi connectivity index (χ4n) is 0.946. The van der Waals surface area contributed by atoms with E-state index in [-0.39, 0.29) is 0 Å². The first kappa shape index (κ1) is 9.61. The van der Waals surface area contributed by atoms with E-state index in [2.05, 4.69) is 9.47 Å². The Morgan fingerprint density at radius 3 is 1.50 bits per heavy atom. The summed E-state index contributed by atoms with van der Waals surface area (Å²) in [5, 5.41) is 0. The third kappa shape index (κ3) is 2.53. The smallest absolute Gasteiger partial charge is 0.404 e. The lowest BCUT2D eigenvalue weighted by atomic mass is 9.92. The van der Waals surface area contributed by atoms with Crippen LogP contribution in [0.5, 0.6) is 0 Å². The minimum Gasteiger partial charge on any atom is -0.446 e. The Morgan fingerprint density at radius 2 is 1.33 bits per heavy atom. The van der Waals surface area contributed by atoms with Gasteiger partial charge in [-0.3, -0.25) is 0 Å². The number of rotatable bonds is 2. The molecule has 0 bridgehead atoms. The van der Waals surface area contributed by atoms with Crippen molar-refractivity contribution in [2.24, 2.45) is 0 Å². The van der Waals surface area contributed by atoms with E-state index < -0.39 is 23.1 Å². The quantitative estimate of drug-likeness (QED) is 0.660. The van der Waals surface area contributed by atoms with Crippen LogP contribution in [-0.4, -0.2) is 23.1 Å². The van der Waals surface area contributed by atoms with E-state index in [0.717, 1.165) is 0 Å². The van der Waals surface area contributed by atoms with Gasteiger partial charge in [-0.05, 0) is 12.8 Å². The monoisotopic (exact) mass is 212 g/mol. The summed E-state index contributed by atoms with van der Waals surface area (Å²) in [5.74, 6) is 0. The number of carbonyl (C=O) groups excluding carboxylic acids is 2. The maximum absolute atomic E-state index is 10.2. The van der Waals surface area contributed by atoms with Crippen LogP contribution in [0.15, 0.2) is 0 Å². The molecule has 2 unspecified atom stereocenters. The number of halogens is 2. The molecule has 1 saturated carbocycles. The molecule has 0 radical (unpaired) electrons. The molecule has 0 aromatic heterocycles. The summed E-state index contributed by atoms with van der Waals surface area (Å²) in [4.78, 5) is 20.5. The second-order valence-electron chi connectivity index (χ2n) is 2.37. The van der Waals surface area contributed by atoms with Crippen molar-refractivity contribution in [1.29, 1.82) is 0 Å². The van der Waals surface area contributed by atoms with Gasteiger partial charge in [0.1, 0.15) is 12.2 Å². The summed E-state index contributed by atoms with van der Waals surface area (Å²) in [6, 6.07) is 0. The van der Waals surface area contributed by atoms with Crippen molar-refractivity contribution in [3.8, 4) is 0 Å². The van der Waals surface area contributed by atoms with E-state index >= 15 is 0 Å². The highest BCUT2D eigenvalue weighted by molar-refractivity contribution is 6.61. The molecule has 0 aliphatic heterocycles. The summed E-state index contributed by atoms with van der Waals surface area (Å²) in [7, 11) is 0. The third-order valence-electron chi connectivity index (χ3n) is 1.64. The molecule has 0 aromatic carbocycles. The lowest BCUT2D eigenvalue weighted by molar-refractivity contribution is -0.0538. The standard InChI is InChI=1S/C6H6Cl2O4/c7-5(9)11-3-1-2-4(3)12-6(8)10/h3-4H,1-2H2. The van der Waals surface area contributed by atoms with Crippen LogP contribution in [0.3, 0.4) is 0 Å². The Labute approximate surface area is 78.7 Å². The predicted octanol–water partition coefficient (Wildman–Crippen LogP) is 2.27. The average Bonchev–Trinajstić information content (AvgIpc) is 1.93. The summed E-state index contributed by atoms with van der Waals surface area (Å²) in [6.45, 7) is 0. The summed E-state index contributed by atoms with van der Waals surface area (Å²) in [6.07, 6.45) is 0.427. The second kappa shape index (κ2) is 3.96. The molecule has 1 fully saturated rings. The Morgan fingerprint density at radius 1 is 1.00 bits per heavy atom. The molecule has 4 nitrogen and oxygen atoms in total. The molecule has 0 amide bonds. The van der Waals surface area contributed by atoms with E-state index in [1.807, 2.05) is 0 Å². The molecule has 0 N–H and O–H groups in total. The molecule has 2 atom stereocenters. The molecule has 0 heterocycles. The molecule has 1 aliphatic rings. The van der Waals surface area contributed by atoms with Gasteiger partial charge in [-0.1, -0.05) is 0 Å². The van der Waals surface area contributed by atoms with Crippen molar-refractivity contribution in [2.45, 2.75) is 25.0 Å². The highest BCUT2D eigenvalue weighted by Gasteiger charge is 2.36. The van der Waals surface area contributed by atoms with Crippen molar-refractivity contribution >= 4 is 34.1 Å². The van der Waals surface area contributed by atoms with E-state index in [9.17, 15) is 9.59 Å². The summed E-state index contributed by atoms with van der Waals surface area (Å²) < 4.78 is 9.18. The van der Waals surface area contributed by atoms with Gasteiger partial charge in [0.15, 0.2) is 0 Å². The van der Waals surface area contributed by atoms with Gasteiger partial charge in [0.05, 0.1) is 0 Å². The van der Waals surface area contributed by atoms with Crippen molar-refractivity contribution < 1.29 is 19.1 Å². The Balaban J connectivity index is 2.29. The minimum atomic E-state index is -0.893. The third-order valence-corrected chi connectivity index (χ3v) is 1.82. The fraction of sp³-hybridized carbons (Fsp3) is 0.667. The molecular formula is C6H6Cl2O4. The molecule has 0 aromatic rings. The fourth-order valence-corrected chi connectivity index (χ4v) is 1.18. The zero-order chi connectivity index (χ0) is 9.14. The molecule has 12 heavy (non-hydrogen) atoms. The van der Waals surface area contributed by atoms with Crippen LogP contribution in [0.4, 0.5) is 9.59 Å². The summed E-state index contributed by atoms with van der Waals surface area (Å²) >= 11 is 9.91. The summed E-state index contributed by atoms with van der Waals surface area (Å²) in [5.41, 5.74) is -1.79. The topological polar surface area (TPSA) is 52.6 Å². The van der Waals surface area contributed by atoms with Crippen LogP contribution >= 0.6 is 23.2 Å². The van der Waals surface area contributed by atoms with E-state index in [1.54, 1.807) is 0 Å². The lowest BCUT2D eigenvalue weighted by Crippen LogP contribution is -2.42. The first-order valence-corrected chi connectivity index (χ1v) is 4.07. The van der Waals surface area contributed by atoms with E-state index in [4.69, 9.17) is 23.2 Å². The molecule has 1 rings (SSSR count). The van der Waals surface area contributed by atoms with E-state index in [0.29, 0.717) is 12.8 Å². The predicted molar refractivity (Wildman–Crippen MR) is 41.5 cm³/mol. The SMILES string of the molecule is O=C(Cl)OC1CCC1OC(=O)Cl. The van der Waals surface area contributed by atoms with Crippen LogP contribution in [-0.2, 0) is 9.47 Å². The highest BCUT2D eigenvalue weighted by atomic mass is 35.5.